The Morgan fingerprint density at radius 2 is 1.00 bits per heavy atom. The zero-order valence-electron chi connectivity index (χ0n) is 20.0. The van der Waals surface area contributed by atoms with Crippen molar-refractivity contribution >= 4 is 20.0 Å². The molecule has 0 radical (unpaired) electrons. The Labute approximate surface area is 215 Å². The average molecular weight is 648 g/mol. The molecule has 1 unspecified atom stereocenters. The molecule has 0 aromatic heterocycles. The van der Waals surface area contributed by atoms with E-state index in [0.29, 0.717) is 0 Å². The predicted octanol–water partition coefficient (Wildman–Crippen LogP) is 3.69. The first-order chi connectivity index (χ1) is 17.2. The van der Waals surface area contributed by atoms with Crippen molar-refractivity contribution in [2.24, 2.45) is 0 Å². The minimum atomic E-state index is -6.40. The molecule has 2 N–H and O–H groups in total. The summed E-state index contributed by atoms with van der Waals surface area (Å²) in [6, 6.07) is 0. The summed E-state index contributed by atoms with van der Waals surface area (Å²) in [6.07, 6.45) is -27.8. The number of sulfonamides is 2. The van der Waals surface area contributed by atoms with Crippen molar-refractivity contribution in [2.45, 2.75) is 62.0 Å². The van der Waals surface area contributed by atoms with Gasteiger partial charge < -0.3 is 4.90 Å². The summed E-state index contributed by atoms with van der Waals surface area (Å²) < 4.78 is 215. The molecule has 22 heteroatoms. The van der Waals surface area contributed by atoms with Crippen LogP contribution in [0.15, 0.2) is 0 Å². The highest BCUT2D eigenvalue weighted by Crippen LogP contribution is 2.48. The third kappa shape index (κ3) is 11.7. The first kappa shape index (κ1) is 37.9. The van der Waals surface area contributed by atoms with Crippen LogP contribution in [0.3, 0.4) is 0 Å². The molecule has 236 valence electrons. The summed E-state index contributed by atoms with van der Waals surface area (Å²) in [7, 11) is -7.87. The summed E-state index contributed by atoms with van der Waals surface area (Å²) >= 11 is 0. The molecule has 0 aromatic rings. The Bertz CT molecular complexity index is 956. The maximum atomic E-state index is 13.5. The Kier molecular flexibility index (Phi) is 13.3. The second-order valence-electron chi connectivity index (χ2n) is 8.39. The Hall–Kier alpha value is -1.13. The van der Waals surface area contributed by atoms with Crippen molar-refractivity contribution < 1.29 is 73.9 Å². The third-order valence-electron chi connectivity index (χ3n) is 5.24. The van der Waals surface area contributed by atoms with Gasteiger partial charge in [-0.1, -0.05) is 0 Å². The molecule has 0 saturated heterocycles. The molecule has 0 aliphatic carbocycles. The van der Waals surface area contributed by atoms with Crippen LogP contribution < -0.4 is 9.44 Å². The number of alkyl halides is 13. The molecule has 1 atom stereocenters. The van der Waals surface area contributed by atoms with E-state index >= 15 is 0 Å². The monoisotopic (exact) mass is 647 g/mol. The van der Waals surface area contributed by atoms with Crippen LogP contribution in [0.4, 0.5) is 57.1 Å². The fourth-order valence-corrected chi connectivity index (χ4v) is 5.10. The van der Waals surface area contributed by atoms with Gasteiger partial charge in [0, 0.05) is 25.9 Å². The molecule has 0 bridgehead atoms. The lowest BCUT2D eigenvalue weighted by Gasteiger charge is -2.29. The van der Waals surface area contributed by atoms with E-state index in [1.807, 2.05) is 0 Å². The van der Waals surface area contributed by atoms with Crippen LogP contribution in [0.1, 0.15) is 25.7 Å². The molecular formula is C17H26F13N3O4S2. The van der Waals surface area contributed by atoms with Crippen LogP contribution >= 0.6 is 0 Å². The second kappa shape index (κ2) is 13.7. The topological polar surface area (TPSA) is 95.6 Å². The standard InChI is InChI=1S/C17H26F13N3O4S2/c1-33(8-2-6-31-38(34,35)10-4-13(20,12(18)19)15(22,23)24)9-3-7-32-39(36,37)11-5-14(21,16(25,26)27)17(28,29)30/h12,31-32H,2-11H2,1H3. The molecule has 0 rings (SSSR count). The van der Waals surface area contributed by atoms with E-state index in [1.165, 1.54) is 11.9 Å². The Morgan fingerprint density at radius 1 is 0.641 bits per heavy atom. The summed E-state index contributed by atoms with van der Waals surface area (Å²) in [5, 5.41) is 0. The van der Waals surface area contributed by atoms with E-state index in [2.05, 4.69) is 0 Å². The molecular weight excluding hydrogens is 621 g/mol. The van der Waals surface area contributed by atoms with Gasteiger partial charge >= 0.3 is 18.5 Å². The highest BCUT2D eigenvalue weighted by molar-refractivity contribution is 7.89. The number of hydrogen-bond acceptors (Lipinski definition) is 5. The quantitative estimate of drug-likeness (QED) is 0.186. The number of nitrogens with zero attached hydrogens (tertiary/aromatic N) is 1. The van der Waals surface area contributed by atoms with Gasteiger partial charge in [-0.15, -0.1) is 0 Å². The van der Waals surface area contributed by atoms with E-state index in [9.17, 15) is 73.9 Å². The van der Waals surface area contributed by atoms with Gasteiger partial charge in [-0.05, 0) is 33.0 Å². The van der Waals surface area contributed by atoms with Gasteiger partial charge in [-0.3, -0.25) is 0 Å². The summed E-state index contributed by atoms with van der Waals surface area (Å²) in [5.41, 5.74) is -10.7. The third-order valence-corrected chi connectivity index (χ3v) is 8.01. The molecule has 0 fully saturated rings. The zero-order chi connectivity index (χ0) is 31.1. The van der Waals surface area contributed by atoms with Gasteiger partial charge in [0.25, 0.3) is 17.8 Å². The highest BCUT2D eigenvalue weighted by atomic mass is 32.2. The summed E-state index contributed by atoms with van der Waals surface area (Å²) in [6.45, 7) is -0.741. The van der Waals surface area contributed by atoms with Crippen molar-refractivity contribution in [3.63, 3.8) is 0 Å². The molecule has 7 nitrogen and oxygen atoms in total. The molecule has 0 amide bonds. The molecule has 0 heterocycles. The number of rotatable bonds is 17. The minimum Gasteiger partial charge on any atom is -0.306 e. The predicted molar refractivity (Wildman–Crippen MR) is 111 cm³/mol. The Morgan fingerprint density at radius 3 is 1.31 bits per heavy atom. The summed E-state index contributed by atoms with van der Waals surface area (Å²) in [4.78, 5) is 1.45. The molecule has 0 spiro atoms. The summed E-state index contributed by atoms with van der Waals surface area (Å²) in [5.74, 6) is -3.40. The fourth-order valence-electron chi connectivity index (χ4n) is 2.79. The van der Waals surface area contributed by atoms with Gasteiger partial charge in [-0.25, -0.2) is 43.8 Å². The van der Waals surface area contributed by atoms with E-state index in [1.54, 1.807) is 9.44 Å². The first-order valence-electron chi connectivity index (χ1n) is 10.7. The zero-order valence-corrected chi connectivity index (χ0v) is 21.6. The van der Waals surface area contributed by atoms with E-state index in [4.69, 9.17) is 0 Å². The lowest BCUT2D eigenvalue weighted by molar-refractivity contribution is -0.341. The van der Waals surface area contributed by atoms with Gasteiger partial charge in [0.2, 0.25) is 20.0 Å². The van der Waals surface area contributed by atoms with E-state index < -0.39 is 93.8 Å². The van der Waals surface area contributed by atoms with E-state index in [0.717, 1.165) is 0 Å². The largest absolute Gasteiger partial charge is 0.431 e. The molecule has 0 aromatic carbocycles. The van der Waals surface area contributed by atoms with Crippen LogP contribution in [-0.2, 0) is 20.0 Å². The maximum absolute atomic E-state index is 13.5. The van der Waals surface area contributed by atoms with Gasteiger partial charge in [-0.2, -0.15) is 39.5 Å². The van der Waals surface area contributed by atoms with Crippen LogP contribution in [0.25, 0.3) is 0 Å². The lowest BCUT2D eigenvalue weighted by Crippen LogP contribution is -2.54. The number of hydrogen-bond donors (Lipinski definition) is 2. The van der Waals surface area contributed by atoms with E-state index in [-0.39, 0.29) is 25.9 Å². The first-order valence-corrected chi connectivity index (χ1v) is 14.0. The van der Waals surface area contributed by atoms with Crippen LogP contribution in [0, 0.1) is 0 Å². The fraction of sp³-hybridized carbons (Fsp3) is 1.00. The van der Waals surface area contributed by atoms with Gasteiger partial charge in [0.1, 0.15) is 0 Å². The smallest absolute Gasteiger partial charge is 0.306 e. The molecule has 0 saturated carbocycles. The SMILES string of the molecule is CN(CCCNS(=O)(=O)CCC(F)(C(F)F)C(F)(F)F)CCCNS(=O)(=O)CCC(F)(C(F)(F)F)C(F)(F)F. The minimum absolute atomic E-state index is 0.0101. The highest BCUT2D eigenvalue weighted by Gasteiger charge is 2.72. The maximum Gasteiger partial charge on any atom is 0.431 e. The van der Waals surface area contributed by atoms with Gasteiger partial charge in [0.05, 0.1) is 11.5 Å². The van der Waals surface area contributed by atoms with Crippen molar-refractivity contribution in [1.29, 1.82) is 0 Å². The van der Waals surface area contributed by atoms with Crippen molar-refractivity contribution in [1.82, 2.24) is 14.3 Å². The van der Waals surface area contributed by atoms with Crippen LogP contribution in [0.2, 0.25) is 0 Å². The van der Waals surface area contributed by atoms with Crippen molar-refractivity contribution in [2.75, 3.05) is 44.7 Å². The molecule has 39 heavy (non-hydrogen) atoms. The van der Waals surface area contributed by atoms with Crippen molar-refractivity contribution in [3.05, 3.63) is 0 Å². The average Bonchev–Trinajstić information content (AvgIpc) is 2.74. The molecule has 0 aliphatic heterocycles. The number of halogens is 13. The number of nitrogens with one attached hydrogen (secondary N) is 2. The van der Waals surface area contributed by atoms with Crippen molar-refractivity contribution in [3.8, 4) is 0 Å². The Balaban J connectivity index is 4.49. The van der Waals surface area contributed by atoms with Crippen LogP contribution in [-0.4, -0.2) is 103 Å². The second-order valence-corrected chi connectivity index (χ2v) is 12.2. The van der Waals surface area contributed by atoms with Gasteiger partial charge in [0.15, 0.2) is 0 Å². The molecule has 0 aliphatic rings. The van der Waals surface area contributed by atoms with Crippen LogP contribution in [0.5, 0.6) is 0 Å². The normalized spacial score (nSPS) is 16.2. The lowest BCUT2D eigenvalue weighted by atomic mass is 10.0.